The van der Waals surface area contributed by atoms with Gasteiger partial charge in [-0.2, -0.15) is 5.26 Å². The Balaban J connectivity index is 1.65. The van der Waals surface area contributed by atoms with Gasteiger partial charge in [0.25, 0.3) is 0 Å². The average Bonchev–Trinajstić information content (AvgIpc) is 2.79. The number of nitrogens with one attached hydrogen (secondary N) is 1. The third kappa shape index (κ3) is 4.33. The van der Waals surface area contributed by atoms with Crippen LogP contribution < -0.4 is 11.1 Å². The summed E-state index contributed by atoms with van der Waals surface area (Å²) >= 11 is 0. The van der Waals surface area contributed by atoms with Gasteiger partial charge in [0.15, 0.2) is 0 Å². The number of hydrogen-bond donors (Lipinski definition) is 2. The number of nitrogens with zero attached hydrogens (tertiary/aromatic N) is 3. The van der Waals surface area contributed by atoms with Gasteiger partial charge in [0.1, 0.15) is 6.07 Å². The molecule has 2 aromatic carbocycles. The van der Waals surface area contributed by atoms with E-state index in [4.69, 9.17) is 5.73 Å². The summed E-state index contributed by atoms with van der Waals surface area (Å²) < 4.78 is 25.9. The predicted octanol–water partition coefficient (Wildman–Crippen LogP) is 3.58. The number of nitrogen functional groups attached to an aromatic ring is 1. The molecule has 0 bridgehead atoms. The minimum Gasteiger partial charge on any atom is -0.398 e. The minimum atomic E-state index is -3.15. The number of benzene rings is 2. The van der Waals surface area contributed by atoms with Crippen LogP contribution in [0.3, 0.4) is 0 Å². The summed E-state index contributed by atoms with van der Waals surface area (Å²) in [4.78, 5) is 4.28. The third-order valence-corrected chi connectivity index (χ3v) is 7.72. The van der Waals surface area contributed by atoms with Crippen LogP contribution in [0.5, 0.6) is 0 Å². The van der Waals surface area contributed by atoms with Crippen molar-refractivity contribution in [2.24, 2.45) is 0 Å². The summed E-state index contributed by atoms with van der Waals surface area (Å²) in [6, 6.07) is 13.9. The van der Waals surface area contributed by atoms with E-state index < -0.39 is 10.0 Å². The van der Waals surface area contributed by atoms with E-state index in [2.05, 4.69) is 28.5 Å². The number of fused-ring (bicyclic) bond motifs is 1. The highest BCUT2D eigenvalue weighted by atomic mass is 32.2. The molecule has 8 heteroatoms. The SMILES string of the molecule is CCS(=O)(=O)N1CCC(Nc2cc(-c3ccc(N)c(C#N)c3)cc3ccncc23)CC1. The van der Waals surface area contributed by atoms with E-state index in [1.807, 2.05) is 18.3 Å². The number of aromatic nitrogens is 1. The van der Waals surface area contributed by atoms with Gasteiger partial charge >= 0.3 is 0 Å². The maximum atomic E-state index is 12.1. The summed E-state index contributed by atoms with van der Waals surface area (Å²) in [5.74, 6) is 0.135. The molecule has 3 aromatic rings. The van der Waals surface area contributed by atoms with Crippen LogP contribution in [0.25, 0.3) is 21.9 Å². The summed E-state index contributed by atoms with van der Waals surface area (Å²) in [7, 11) is -3.15. The molecular weight excluding hydrogens is 410 g/mol. The molecular formula is C23H25N5O2S. The Bertz CT molecular complexity index is 1260. The Morgan fingerprint density at radius 3 is 2.68 bits per heavy atom. The van der Waals surface area contributed by atoms with E-state index in [0.717, 1.165) is 40.4 Å². The number of pyridine rings is 1. The number of hydrogen-bond acceptors (Lipinski definition) is 6. The molecule has 4 rings (SSSR count). The fraction of sp³-hybridized carbons (Fsp3) is 0.304. The first kappa shape index (κ1) is 21.1. The van der Waals surface area contributed by atoms with Crippen LogP contribution in [0.1, 0.15) is 25.3 Å². The van der Waals surface area contributed by atoms with Gasteiger partial charge in [-0.05, 0) is 66.6 Å². The van der Waals surface area contributed by atoms with E-state index in [9.17, 15) is 13.7 Å². The lowest BCUT2D eigenvalue weighted by molar-refractivity contribution is 0.330. The topological polar surface area (TPSA) is 112 Å². The molecule has 2 heterocycles. The monoisotopic (exact) mass is 435 g/mol. The van der Waals surface area contributed by atoms with Gasteiger partial charge in [-0.1, -0.05) is 6.07 Å². The molecule has 1 aliphatic rings. The van der Waals surface area contributed by atoms with Gasteiger partial charge in [0.05, 0.1) is 11.3 Å². The summed E-state index contributed by atoms with van der Waals surface area (Å²) in [5, 5.41) is 15.0. The average molecular weight is 436 g/mol. The Morgan fingerprint density at radius 1 is 1.19 bits per heavy atom. The van der Waals surface area contributed by atoms with Crippen molar-refractivity contribution in [1.82, 2.24) is 9.29 Å². The van der Waals surface area contributed by atoms with Crippen molar-refractivity contribution in [2.45, 2.75) is 25.8 Å². The smallest absolute Gasteiger partial charge is 0.213 e. The van der Waals surface area contributed by atoms with E-state index >= 15 is 0 Å². The zero-order valence-corrected chi connectivity index (χ0v) is 18.2. The fourth-order valence-corrected chi connectivity index (χ4v) is 5.13. The van der Waals surface area contributed by atoms with Crippen molar-refractivity contribution in [2.75, 3.05) is 29.9 Å². The number of sulfonamides is 1. The number of rotatable bonds is 5. The highest BCUT2D eigenvalue weighted by Gasteiger charge is 2.27. The lowest BCUT2D eigenvalue weighted by Crippen LogP contribution is -2.42. The molecule has 1 aromatic heterocycles. The van der Waals surface area contributed by atoms with E-state index in [1.165, 1.54) is 0 Å². The molecule has 0 aliphatic carbocycles. The standard InChI is InChI=1S/C23H25N5O2S/c1-2-31(29,30)28-9-6-20(7-10-28)27-23-13-18(12-17-5-8-26-15-21(17)23)16-3-4-22(25)19(11-16)14-24/h3-5,8,11-13,15,20,27H,2,6-7,9-10,25H2,1H3. The van der Waals surface area contributed by atoms with Crippen LogP contribution in [0, 0.1) is 11.3 Å². The minimum absolute atomic E-state index is 0.135. The van der Waals surface area contributed by atoms with Crippen molar-refractivity contribution in [3.05, 3.63) is 54.4 Å². The normalized spacial score (nSPS) is 15.6. The van der Waals surface area contributed by atoms with Crippen LogP contribution >= 0.6 is 0 Å². The van der Waals surface area contributed by atoms with E-state index in [0.29, 0.717) is 24.3 Å². The first-order valence-corrected chi connectivity index (χ1v) is 11.9. The van der Waals surface area contributed by atoms with Gasteiger partial charge in [0.2, 0.25) is 10.0 Å². The quantitative estimate of drug-likeness (QED) is 0.593. The molecule has 160 valence electrons. The van der Waals surface area contributed by atoms with Crippen LogP contribution in [-0.2, 0) is 10.0 Å². The van der Waals surface area contributed by atoms with Crippen molar-refractivity contribution in [3.63, 3.8) is 0 Å². The summed E-state index contributed by atoms with van der Waals surface area (Å²) in [5.41, 5.74) is 9.64. The van der Waals surface area contributed by atoms with Gasteiger partial charge in [-0.15, -0.1) is 0 Å². The number of nitriles is 1. The molecule has 0 spiro atoms. The molecule has 31 heavy (non-hydrogen) atoms. The van der Waals surface area contributed by atoms with Crippen molar-refractivity contribution in [3.8, 4) is 17.2 Å². The Kier molecular flexibility index (Phi) is 5.81. The van der Waals surface area contributed by atoms with Crippen LogP contribution in [0.4, 0.5) is 11.4 Å². The molecule has 3 N–H and O–H groups in total. The predicted molar refractivity (Wildman–Crippen MR) is 124 cm³/mol. The Labute approximate surface area is 182 Å². The maximum absolute atomic E-state index is 12.1. The molecule has 0 unspecified atom stereocenters. The highest BCUT2D eigenvalue weighted by molar-refractivity contribution is 7.89. The van der Waals surface area contributed by atoms with Crippen LogP contribution in [0.2, 0.25) is 0 Å². The number of nitrogens with two attached hydrogens (primary N) is 1. The lowest BCUT2D eigenvalue weighted by atomic mass is 9.98. The molecule has 0 amide bonds. The second-order valence-corrected chi connectivity index (χ2v) is 10.0. The van der Waals surface area contributed by atoms with Crippen molar-refractivity contribution < 1.29 is 8.42 Å². The largest absolute Gasteiger partial charge is 0.398 e. The molecule has 0 saturated carbocycles. The van der Waals surface area contributed by atoms with Crippen LogP contribution in [-0.4, -0.2) is 42.6 Å². The molecule has 1 aliphatic heterocycles. The van der Waals surface area contributed by atoms with Crippen molar-refractivity contribution >= 4 is 32.2 Å². The fourth-order valence-electron chi connectivity index (χ4n) is 4.00. The molecule has 0 radical (unpaired) electrons. The van der Waals surface area contributed by atoms with E-state index in [1.54, 1.807) is 29.6 Å². The van der Waals surface area contributed by atoms with Crippen molar-refractivity contribution in [1.29, 1.82) is 5.26 Å². The molecule has 1 saturated heterocycles. The lowest BCUT2D eigenvalue weighted by Gasteiger charge is -2.32. The second kappa shape index (κ2) is 8.53. The van der Waals surface area contributed by atoms with Crippen LogP contribution in [0.15, 0.2) is 48.8 Å². The highest BCUT2D eigenvalue weighted by Crippen LogP contribution is 2.33. The molecule has 7 nitrogen and oxygen atoms in total. The zero-order valence-electron chi connectivity index (χ0n) is 17.4. The Hall–Kier alpha value is -3.15. The number of piperidine rings is 1. The van der Waals surface area contributed by atoms with Gasteiger partial charge in [0, 0.05) is 48.3 Å². The van der Waals surface area contributed by atoms with E-state index in [-0.39, 0.29) is 11.8 Å². The molecule has 0 atom stereocenters. The van der Waals surface area contributed by atoms with Gasteiger partial charge < -0.3 is 11.1 Å². The number of anilines is 2. The second-order valence-electron chi connectivity index (χ2n) is 7.75. The third-order valence-electron chi connectivity index (χ3n) is 5.83. The first-order valence-electron chi connectivity index (χ1n) is 10.3. The molecule has 1 fully saturated rings. The summed E-state index contributed by atoms with van der Waals surface area (Å²) in [6.45, 7) is 2.72. The Morgan fingerprint density at radius 2 is 1.97 bits per heavy atom. The zero-order chi connectivity index (χ0) is 22.0. The van der Waals surface area contributed by atoms with Gasteiger partial charge in [-0.25, -0.2) is 12.7 Å². The van der Waals surface area contributed by atoms with Gasteiger partial charge in [-0.3, -0.25) is 4.98 Å². The first-order chi connectivity index (χ1) is 14.9. The maximum Gasteiger partial charge on any atom is 0.213 e. The summed E-state index contributed by atoms with van der Waals surface area (Å²) in [6.07, 6.45) is 5.08.